The predicted molar refractivity (Wildman–Crippen MR) is 70.6 cm³/mol. The summed E-state index contributed by atoms with van der Waals surface area (Å²) in [5.74, 6) is -0.301. The van der Waals surface area contributed by atoms with Crippen molar-refractivity contribution in [2.45, 2.75) is 19.5 Å². The fourth-order valence-electron chi connectivity index (χ4n) is 1.79. The first-order chi connectivity index (χ1) is 9.20. The predicted octanol–water partition coefficient (Wildman–Crippen LogP) is 2.94. The Kier molecular flexibility index (Phi) is 4.22. The average molecular weight is 255 g/mol. The van der Waals surface area contributed by atoms with Gasteiger partial charge in [0.15, 0.2) is 0 Å². The number of nitriles is 1. The normalized spacial score (nSPS) is 11.8. The summed E-state index contributed by atoms with van der Waals surface area (Å²) in [4.78, 5) is 4.05. The van der Waals surface area contributed by atoms with Crippen LogP contribution < -0.4 is 5.32 Å². The van der Waals surface area contributed by atoms with E-state index in [0.29, 0.717) is 17.7 Å². The van der Waals surface area contributed by atoms with Gasteiger partial charge in [-0.15, -0.1) is 0 Å². The van der Waals surface area contributed by atoms with Crippen LogP contribution in [0.15, 0.2) is 42.7 Å². The maximum absolute atomic E-state index is 13.6. The first kappa shape index (κ1) is 13.2. The highest BCUT2D eigenvalue weighted by Crippen LogP contribution is 2.14. The Morgan fingerprint density at radius 2 is 2.26 bits per heavy atom. The van der Waals surface area contributed by atoms with Crippen LogP contribution in [0.25, 0.3) is 0 Å². The number of nitrogens with zero attached hydrogens (tertiary/aromatic N) is 2. The molecule has 1 aromatic carbocycles. The van der Waals surface area contributed by atoms with Crippen molar-refractivity contribution < 1.29 is 4.39 Å². The van der Waals surface area contributed by atoms with E-state index in [1.54, 1.807) is 18.5 Å². The van der Waals surface area contributed by atoms with Gasteiger partial charge in [-0.2, -0.15) is 5.26 Å². The third kappa shape index (κ3) is 3.36. The second kappa shape index (κ2) is 6.07. The molecule has 0 spiro atoms. The smallest absolute Gasteiger partial charge is 0.127 e. The molecule has 3 nitrogen and oxygen atoms in total. The molecule has 0 fully saturated rings. The highest BCUT2D eigenvalue weighted by atomic mass is 19.1. The summed E-state index contributed by atoms with van der Waals surface area (Å²) in [6.45, 7) is 2.36. The molecule has 2 aromatic rings. The molecule has 0 bridgehead atoms. The van der Waals surface area contributed by atoms with E-state index in [1.165, 1.54) is 12.1 Å². The Bertz CT molecular complexity index is 590. The van der Waals surface area contributed by atoms with Crippen LogP contribution in [0.4, 0.5) is 4.39 Å². The standard InChI is InChI=1S/C15H14FN3/c1-11(13-3-2-6-18-9-13)19-10-14-7-12(8-17)4-5-15(14)16/h2-7,9,11,19H,10H2,1H3/t11-/m1/s1. The summed E-state index contributed by atoms with van der Waals surface area (Å²) in [6.07, 6.45) is 3.49. The molecule has 19 heavy (non-hydrogen) atoms. The van der Waals surface area contributed by atoms with Crippen molar-refractivity contribution in [3.8, 4) is 6.07 Å². The van der Waals surface area contributed by atoms with Crippen molar-refractivity contribution in [2.75, 3.05) is 0 Å². The maximum Gasteiger partial charge on any atom is 0.127 e. The first-order valence-corrected chi connectivity index (χ1v) is 6.02. The second-order valence-corrected chi connectivity index (χ2v) is 4.31. The van der Waals surface area contributed by atoms with Gasteiger partial charge >= 0.3 is 0 Å². The molecule has 0 aliphatic rings. The summed E-state index contributed by atoms with van der Waals surface area (Å²) < 4.78 is 13.6. The molecule has 0 aliphatic heterocycles. The molecule has 0 saturated heterocycles. The first-order valence-electron chi connectivity index (χ1n) is 6.02. The van der Waals surface area contributed by atoms with Crippen molar-refractivity contribution in [1.82, 2.24) is 10.3 Å². The van der Waals surface area contributed by atoms with Crippen molar-refractivity contribution in [2.24, 2.45) is 0 Å². The van der Waals surface area contributed by atoms with Crippen LogP contribution in [-0.2, 0) is 6.54 Å². The quantitative estimate of drug-likeness (QED) is 0.913. The van der Waals surface area contributed by atoms with Crippen LogP contribution in [0.1, 0.15) is 29.7 Å². The van der Waals surface area contributed by atoms with Gasteiger partial charge in [0.05, 0.1) is 11.6 Å². The van der Waals surface area contributed by atoms with E-state index >= 15 is 0 Å². The second-order valence-electron chi connectivity index (χ2n) is 4.31. The Labute approximate surface area is 111 Å². The van der Waals surface area contributed by atoms with Crippen LogP contribution >= 0.6 is 0 Å². The van der Waals surface area contributed by atoms with Gasteiger partial charge in [0.25, 0.3) is 0 Å². The largest absolute Gasteiger partial charge is 0.306 e. The number of pyridine rings is 1. The third-order valence-electron chi connectivity index (χ3n) is 2.96. The van der Waals surface area contributed by atoms with Crippen molar-refractivity contribution in [1.29, 1.82) is 5.26 Å². The van der Waals surface area contributed by atoms with E-state index in [9.17, 15) is 4.39 Å². The zero-order chi connectivity index (χ0) is 13.7. The third-order valence-corrected chi connectivity index (χ3v) is 2.96. The molecule has 0 aliphatic carbocycles. The minimum atomic E-state index is -0.301. The van der Waals surface area contributed by atoms with Gasteiger partial charge in [-0.05, 0) is 36.8 Å². The Hall–Kier alpha value is -2.25. The molecule has 0 radical (unpaired) electrons. The Morgan fingerprint density at radius 1 is 1.42 bits per heavy atom. The SMILES string of the molecule is C[C@@H](NCc1cc(C#N)ccc1F)c1cccnc1. The maximum atomic E-state index is 13.6. The van der Waals surface area contributed by atoms with Gasteiger partial charge in [0.2, 0.25) is 0 Å². The molecule has 96 valence electrons. The average Bonchev–Trinajstić information content (AvgIpc) is 2.47. The summed E-state index contributed by atoms with van der Waals surface area (Å²) in [7, 11) is 0. The molecule has 0 amide bonds. The fourth-order valence-corrected chi connectivity index (χ4v) is 1.79. The van der Waals surface area contributed by atoms with Gasteiger partial charge in [-0.1, -0.05) is 6.07 Å². The lowest BCUT2D eigenvalue weighted by Crippen LogP contribution is -2.19. The Morgan fingerprint density at radius 3 is 2.95 bits per heavy atom. The fraction of sp³-hybridized carbons (Fsp3) is 0.200. The van der Waals surface area contributed by atoms with Crippen molar-refractivity contribution in [3.63, 3.8) is 0 Å². The number of rotatable bonds is 4. The molecule has 1 atom stereocenters. The highest BCUT2D eigenvalue weighted by molar-refractivity contribution is 5.33. The van der Waals surface area contributed by atoms with Gasteiger partial charge < -0.3 is 5.32 Å². The van der Waals surface area contributed by atoms with E-state index in [0.717, 1.165) is 5.56 Å². The van der Waals surface area contributed by atoms with Crippen LogP contribution in [-0.4, -0.2) is 4.98 Å². The molecule has 0 unspecified atom stereocenters. The molecule has 2 rings (SSSR count). The lowest BCUT2D eigenvalue weighted by Gasteiger charge is -2.14. The van der Waals surface area contributed by atoms with Crippen LogP contribution in [0, 0.1) is 17.1 Å². The van der Waals surface area contributed by atoms with Gasteiger partial charge in [0.1, 0.15) is 5.82 Å². The topological polar surface area (TPSA) is 48.7 Å². The van der Waals surface area contributed by atoms with E-state index in [4.69, 9.17) is 5.26 Å². The number of halogens is 1. The molecule has 0 saturated carbocycles. The monoisotopic (exact) mass is 255 g/mol. The molecule has 1 N–H and O–H groups in total. The van der Waals surface area contributed by atoms with E-state index < -0.39 is 0 Å². The lowest BCUT2D eigenvalue weighted by molar-refractivity contribution is 0.543. The summed E-state index contributed by atoms with van der Waals surface area (Å²) >= 11 is 0. The van der Waals surface area contributed by atoms with E-state index in [1.807, 2.05) is 25.1 Å². The zero-order valence-electron chi connectivity index (χ0n) is 10.6. The van der Waals surface area contributed by atoms with E-state index in [-0.39, 0.29) is 11.9 Å². The molecule has 1 heterocycles. The van der Waals surface area contributed by atoms with Crippen molar-refractivity contribution >= 4 is 0 Å². The number of hydrogen-bond acceptors (Lipinski definition) is 3. The van der Waals surface area contributed by atoms with Gasteiger partial charge in [-0.3, -0.25) is 4.98 Å². The van der Waals surface area contributed by atoms with Crippen molar-refractivity contribution in [3.05, 3.63) is 65.2 Å². The minimum Gasteiger partial charge on any atom is -0.306 e. The lowest BCUT2D eigenvalue weighted by atomic mass is 10.1. The van der Waals surface area contributed by atoms with Crippen LogP contribution in [0.2, 0.25) is 0 Å². The molecule has 4 heteroatoms. The molecular formula is C15H14FN3. The number of benzene rings is 1. The van der Waals surface area contributed by atoms with Crippen LogP contribution in [0.5, 0.6) is 0 Å². The summed E-state index contributed by atoms with van der Waals surface area (Å²) in [6, 6.07) is 10.3. The number of nitrogens with one attached hydrogen (secondary N) is 1. The summed E-state index contributed by atoms with van der Waals surface area (Å²) in [5, 5.41) is 12.0. The highest BCUT2D eigenvalue weighted by Gasteiger charge is 2.07. The molecule has 1 aromatic heterocycles. The Balaban J connectivity index is 2.05. The summed E-state index contributed by atoms with van der Waals surface area (Å²) in [5.41, 5.74) is 2.00. The number of aromatic nitrogens is 1. The molecular weight excluding hydrogens is 241 g/mol. The van der Waals surface area contributed by atoms with E-state index in [2.05, 4.69) is 10.3 Å². The zero-order valence-corrected chi connectivity index (χ0v) is 10.6. The van der Waals surface area contributed by atoms with Gasteiger partial charge in [0, 0.05) is 30.5 Å². The minimum absolute atomic E-state index is 0.0684. The van der Waals surface area contributed by atoms with Crippen LogP contribution in [0.3, 0.4) is 0 Å². The van der Waals surface area contributed by atoms with Gasteiger partial charge in [-0.25, -0.2) is 4.39 Å². The number of hydrogen-bond donors (Lipinski definition) is 1.